The highest BCUT2D eigenvalue weighted by molar-refractivity contribution is 5.31. The predicted molar refractivity (Wildman–Crippen MR) is 78.8 cm³/mol. The molecule has 2 atom stereocenters. The smallest absolute Gasteiger partial charge is 0.119 e. The van der Waals surface area contributed by atoms with Crippen LogP contribution in [0.5, 0.6) is 5.75 Å². The molecule has 0 amide bonds. The molecule has 0 spiro atoms. The quantitative estimate of drug-likeness (QED) is 0.928. The zero-order valence-electron chi connectivity index (χ0n) is 12.0. The topological polar surface area (TPSA) is 58.5 Å². The van der Waals surface area contributed by atoms with E-state index in [1.165, 1.54) is 11.9 Å². The third kappa shape index (κ3) is 3.20. The molecule has 1 N–H and O–H groups in total. The Kier molecular flexibility index (Phi) is 4.13. The molecule has 5 nitrogen and oxygen atoms in total. The van der Waals surface area contributed by atoms with Crippen LogP contribution in [-0.2, 0) is 6.54 Å². The van der Waals surface area contributed by atoms with Gasteiger partial charge < -0.3 is 9.84 Å². The van der Waals surface area contributed by atoms with E-state index >= 15 is 0 Å². The third-order valence-corrected chi connectivity index (χ3v) is 3.86. The number of methoxy groups -OCH3 is 1. The molecule has 0 aliphatic carbocycles. The summed E-state index contributed by atoms with van der Waals surface area (Å²) >= 11 is 0. The molecule has 3 rings (SSSR count). The van der Waals surface area contributed by atoms with Gasteiger partial charge in [-0.25, -0.2) is 9.97 Å². The molecular weight excluding hydrogens is 266 g/mol. The van der Waals surface area contributed by atoms with Gasteiger partial charge in [-0.05, 0) is 24.1 Å². The van der Waals surface area contributed by atoms with Crippen molar-refractivity contribution in [3.8, 4) is 5.75 Å². The Hall–Kier alpha value is -1.98. The molecule has 1 saturated heterocycles. The summed E-state index contributed by atoms with van der Waals surface area (Å²) in [6.07, 6.45) is 5.61. The normalized spacial score (nSPS) is 22.4. The number of aliphatic hydroxyl groups is 1. The number of hydrogen-bond acceptors (Lipinski definition) is 5. The fraction of sp³-hybridized carbons (Fsp3) is 0.375. The molecule has 0 saturated carbocycles. The number of ether oxygens (including phenoxy) is 1. The van der Waals surface area contributed by atoms with Gasteiger partial charge in [-0.3, -0.25) is 4.90 Å². The third-order valence-electron chi connectivity index (χ3n) is 3.86. The fourth-order valence-electron chi connectivity index (χ4n) is 2.90. The van der Waals surface area contributed by atoms with Crippen LogP contribution in [0, 0.1) is 0 Å². The van der Waals surface area contributed by atoms with Gasteiger partial charge in [-0.2, -0.15) is 0 Å². The van der Waals surface area contributed by atoms with Crippen molar-refractivity contribution in [1.29, 1.82) is 0 Å². The largest absolute Gasteiger partial charge is 0.497 e. The summed E-state index contributed by atoms with van der Waals surface area (Å²) in [7, 11) is 1.67. The van der Waals surface area contributed by atoms with Crippen LogP contribution in [0.25, 0.3) is 0 Å². The van der Waals surface area contributed by atoms with Crippen LogP contribution < -0.4 is 4.74 Å². The summed E-state index contributed by atoms with van der Waals surface area (Å²) in [5.41, 5.74) is 2.22. The second-order valence-corrected chi connectivity index (χ2v) is 5.36. The van der Waals surface area contributed by atoms with Gasteiger partial charge in [0.1, 0.15) is 12.1 Å². The van der Waals surface area contributed by atoms with Gasteiger partial charge in [0.2, 0.25) is 0 Å². The first-order valence-electron chi connectivity index (χ1n) is 7.06. The lowest BCUT2D eigenvalue weighted by atomic mass is 10.0. The van der Waals surface area contributed by atoms with Crippen LogP contribution in [0.2, 0.25) is 0 Å². The maximum Gasteiger partial charge on any atom is 0.119 e. The summed E-state index contributed by atoms with van der Waals surface area (Å²) in [4.78, 5) is 10.4. The molecule has 1 fully saturated rings. The van der Waals surface area contributed by atoms with E-state index in [-0.39, 0.29) is 12.1 Å². The minimum Gasteiger partial charge on any atom is -0.497 e. The van der Waals surface area contributed by atoms with Gasteiger partial charge >= 0.3 is 0 Å². The number of benzene rings is 1. The van der Waals surface area contributed by atoms with Crippen molar-refractivity contribution in [2.45, 2.75) is 25.1 Å². The molecule has 0 bridgehead atoms. The van der Waals surface area contributed by atoms with Gasteiger partial charge in [-0.15, -0.1) is 0 Å². The van der Waals surface area contributed by atoms with Crippen LogP contribution in [0.4, 0.5) is 0 Å². The van der Waals surface area contributed by atoms with Crippen LogP contribution in [0.3, 0.4) is 0 Å². The number of likely N-dealkylation sites (tertiary alicyclic amines) is 1. The van der Waals surface area contributed by atoms with Gasteiger partial charge in [0.15, 0.2) is 0 Å². The first-order chi connectivity index (χ1) is 10.3. The van der Waals surface area contributed by atoms with Gasteiger partial charge in [0, 0.05) is 37.1 Å². The molecule has 2 heterocycles. The lowest BCUT2D eigenvalue weighted by molar-refractivity contribution is 0.172. The van der Waals surface area contributed by atoms with Crippen LogP contribution in [0.15, 0.2) is 43.0 Å². The monoisotopic (exact) mass is 285 g/mol. The van der Waals surface area contributed by atoms with Gasteiger partial charge in [-0.1, -0.05) is 12.1 Å². The summed E-state index contributed by atoms with van der Waals surface area (Å²) in [6.45, 7) is 1.40. The van der Waals surface area contributed by atoms with E-state index < -0.39 is 0 Å². The van der Waals surface area contributed by atoms with Crippen LogP contribution in [0.1, 0.15) is 23.6 Å². The van der Waals surface area contributed by atoms with Crippen molar-refractivity contribution < 1.29 is 9.84 Å². The SMILES string of the molecule is COc1cccc([C@@H]2C[C@H](O)CN2Cc2cncnc2)c1. The summed E-state index contributed by atoms with van der Waals surface area (Å²) in [6, 6.07) is 8.24. The zero-order chi connectivity index (χ0) is 14.7. The van der Waals surface area contributed by atoms with Crippen LogP contribution >= 0.6 is 0 Å². The van der Waals surface area contributed by atoms with Crippen molar-refractivity contribution in [2.24, 2.45) is 0 Å². The number of β-amino-alcohol motifs (C(OH)–C–C–N with tert-alkyl or cyclic N) is 1. The Morgan fingerprint density at radius 2 is 2.14 bits per heavy atom. The molecule has 21 heavy (non-hydrogen) atoms. The molecule has 110 valence electrons. The Balaban J connectivity index is 1.81. The standard InChI is InChI=1S/C16H19N3O2/c1-21-15-4-2-3-13(5-15)16-6-14(20)10-19(16)9-12-7-17-11-18-8-12/h2-5,7-8,11,14,16,20H,6,9-10H2,1H3/t14-,16-/m0/s1. The molecule has 1 aliphatic heterocycles. The minimum absolute atomic E-state index is 0.190. The second kappa shape index (κ2) is 6.20. The zero-order valence-corrected chi connectivity index (χ0v) is 12.0. The maximum absolute atomic E-state index is 10.0. The Morgan fingerprint density at radius 3 is 2.90 bits per heavy atom. The van der Waals surface area contributed by atoms with E-state index in [1.807, 2.05) is 30.6 Å². The fourth-order valence-corrected chi connectivity index (χ4v) is 2.90. The summed E-state index contributed by atoms with van der Waals surface area (Å²) in [5, 5.41) is 10.0. The van der Waals surface area contributed by atoms with E-state index in [9.17, 15) is 5.11 Å². The van der Waals surface area contributed by atoms with E-state index in [0.29, 0.717) is 6.54 Å². The highest BCUT2D eigenvalue weighted by Gasteiger charge is 2.32. The lowest BCUT2D eigenvalue weighted by Crippen LogP contribution is -2.24. The molecular formula is C16H19N3O2. The predicted octanol–water partition coefficient (Wildman–Crippen LogP) is 1.79. The van der Waals surface area contributed by atoms with E-state index in [1.54, 1.807) is 7.11 Å². The number of aromatic nitrogens is 2. The molecule has 1 aliphatic rings. The lowest BCUT2D eigenvalue weighted by Gasteiger charge is -2.24. The summed E-state index contributed by atoms with van der Waals surface area (Å²) in [5.74, 6) is 0.844. The number of nitrogens with zero attached hydrogens (tertiary/aromatic N) is 3. The number of aliphatic hydroxyl groups excluding tert-OH is 1. The van der Waals surface area contributed by atoms with Crippen molar-refractivity contribution in [1.82, 2.24) is 14.9 Å². The highest BCUT2D eigenvalue weighted by Crippen LogP contribution is 2.34. The Bertz CT molecular complexity index is 591. The number of hydrogen-bond donors (Lipinski definition) is 1. The van der Waals surface area contributed by atoms with Crippen molar-refractivity contribution >= 4 is 0 Å². The van der Waals surface area contributed by atoms with Crippen molar-refractivity contribution in [3.63, 3.8) is 0 Å². The van der Waals surface area contributed by atoms with Gasteiger partial charge in [0.05, 0.1) is 13.2 Å². The van der Waals surface area contributed by atoms with Crippen molar-refractivity contribution in [2.75, 3.05) is 13.7 Å². The van der Waals surface area contributed by atoms with E-state index in [4.69, 9.17) is 4.74 Å². The number of rotatable bonds is 4. The Morgan fingerprint density at radius 1 is 1.33 bits per heavy atom. The molecule has 5 heteroatoms. The van der Waals surface area contributed by atoms with E-state index in [0.717, 1.165) is 24.3 Å². The molecule has 1 aromatic carbocycles. The molecule has 2 aromatic rings. The van der Waals surface area contributed by atoms with E-state index in [2.05, 4.69) is 20.9 Å². The average molecular weight is 285 g/mol. The summed E-state index contributed by atoms with van der Waals surface area (Å²) < 4.78 is 5.29. The maximum atomic E-state index is 10.0. The molecule has 0 unspecified atom stereocenters. The molecule has 1 aromatic heterocycles. The Labute approximate surface area is 124 Å². The molecule has 0 radical (unpaired) electrons. The van der Waals surface area contributed by atoms with Crippen molar-refractivity contribution in [3.05, 3.63) is 54.1 Å². The van der Waals surface area contributed by atoms with Crippen LogP contribution in [-0.4, -0.2) is 39.7 Å². The second-order valence-electron chi connectivity index (χ2n) is 5.36. The van der Waals surface area contributed by atoms with Gasteiger partial charge in [0.25, 0.3) is 0 Å². The first-order valence-corrected chi connectivity index (χ1v) is 7.06. The average Bonchev–Trinajstić information content (AvgIpc) is 2.89. The minimum atomic E-state index is -0.300. The first kappa shape index (κ1) is 14.0. The highest BCUT2D eigenvalue weighted by atomic mass is 16.5.